The first-order valence-electron chi connectivity index (χ1n) is 6.50. The monoisotopic (exact) mass is 291 g/mol. The van der Waals surface area contributed by atoms with E-state index < -0.39 is 0 Å². The lowest BCUT2D eigenvalue weighted by molar-refractivity contribution is 0.507. The van der Waals surface area contributed by atoms with E-state index >= 15 is 0 Å². The van der Waals surface area contributed by atoms with Crippen molar-refractivity contribution in [2.75, 3.05) is 13.6 Å². The molecule has 0 aliphatic carbocycles. The van der Waals surface area contributed by atoms with E-state index in [4.69, 9.17) is 16.0 Å². The first-order valence-corrected chi connectivity index (χ1v) is 6.87. The summed E-state index contributed by atoms with van der Waals surface area (Å²) in [5.41, 5.74) is 1.04. The molecule has 0 bridgehead atoms. The van der Waals surface area contributed by atoms with E-state index in [-0.39, 0.29) is 0 Å². The zero-order valence-electron chi connectivity index (χ0n) is 11.4. The van der Waals surface area contributed by atoms with Gasteiger partial charge in [-0.25, -0.2) is 0 Å². The molecule has 2 rings (SSSR count). The smallest absolute Gasteiger partial charge is 0.191 e. The second-order valence-electron chi connectivity index (χ2n) is 4.27. The van der Waals surface area contributed by atoms with Gasteiger partial charge in [-0.15, -0.1) is 0 Å². The molecule has 0 atom stereocenters. The molecule has 106 valence electrons. The lowest BCUT2D eigenvalue weighted by Gasteiger charge is -2.12. The number of hydrogen-bond acceptors (Lipinski definition) is 2. The average molecular weight is 292 g/mol. The van der Waals surface area contributed by atoms with Gasteiger partial charge in [0, 0.05) is 31.6 Å². The number of aliphatic imine (C=N–C) groups is 1. The van der Waals surface area contributed by atoms with Crippen molar-refractivity contribution in [1.29, 1.82) is 0 Å². The van der Waals surface area contributed by atoms with Crippen LogP contribution in [0.15, 0.2) is 52.1 Å². The first kappa shape index (κ1) is 14.5. The number of nitrogens with zero attached hydrogens (tertiary/aromatic N) is 1. The van der Waals surface area contributed by atoms with E-state index in [9.17, 15) is 0 Å². The standard InChI is InChI=1S/C15H18ClN3O/c1-17-15(18-9-8-13-6-4-10-20-13)19-11-12-5-2-3-7-14(12)16/h2-7,10H,8-9,11H2,1H3,(H2,17,18,19). The Kier molecular flexibility index (Phi) is 5.50. The number of hydrogen-bond donors (Lipinski definition) is 2. The Morgan fingerprint density at radius 3 is 2.75 bits per heavy atom. The van der Waals surface area contributed by atoms with Crippen LogP contribution in [0.3, 0.4) is 0 Å². The Morgan fingerprint density at radius 1 is 1.20 bits per heavy atom. The maximum absolute atomic E-state index is 6.11. The maximum Gasteiger partial charge on any atom is 0.191 e. The predicted octanol–water partition coefficient (Wildman–Crippen LogP) is 2.84. The molecule has 0 radical (unpaired) electrons. The first-order chi connectivity index (χ1) is 9.79. The highest BCUT2D eigenvalue weighted by molar-refractivity contribution is 6.31. The van der Waals surface area contributed by atoms with E-state index in [1.165, 1.54) is 0 Å². The van der Waals surface area contributed by atoms with Gasteiger partial charge in [0.2, 0.25) is 0 Å². The molecule has 5 heteroatoms. The topological polar surface area (TPSA) is 49.6 Å². The fourth-order valence-electron chi connectivity index (χ4n) is 1.80. The molecule has 1 aromatic carbocycles. The van der Waals surface area contributed by atoms with Gasteiger partial charge in [-0.05, 0) is 23.8 Å². The molecule has 0 unspecified atom stereocenters. The predicted molar refractivity (Wildman–Crippen MR) is 82.1 cm³/mol. The lowest BCUT2D eigenvalue weighted by Crippen LogP contribution is -2.37. The molecule has 1 heterocycles. The summed E-state index contributed by atoms with van der Waals surface area (Å²) in [5, 5.41) is 7.22. The molecule has 0 saturated carbocycles. The Bertz CT molecular complexity index is 552. The molecular weight excluding hydrogens is 274 g/mol. The molecule has 0 aliphatic rings. The second kappa shape index (κ2) is 7.60. The summed E-state index contributed by atoms with van der Waals surface area (Å²) in [6.45, 7) is 1.40. The van der Waals surface area contributed by atoms with Gasteiger partial charge >= 0.3 is 0 Å². The molecule has 0 fully saturated rings. The van der Waals surface area contributed by atoms with Crippen LogP contribution in [0.5, 0.6) is 0 Å². The summed E-state index contributed by atoms with van der Waals surface area (Å²) in [6.07, 6.45) is 2.50. The highest BCUT2D eigenvalue weighted by atomic mass is 35.5. The van der Waals surface area contributed by atoms with Crippen molar-refractivity contribution in [2.24, 2.45) is 4.99 Å². The summed E-state index contributed by atoms with van der Waals surface area (Å²) in [4.78, 5) is 4.17. The summed E-state index contributed by atoms with van der Waals surface area (Å²) in [6, 6.07) is 11.6. The van der Waals surface area contributed by atoms with Crippen molar-refractivity contribution < 1.29 is 4.42 Å². The Hall–Kier alpha value is -1.94. The van der Waals surface area contributed by atoms with Crippen LogP contribution in [0.25, 0.3) is 0 Å². The van der Waals surface area contributed by atoms with E-state index in [1.807, 2.05) is 36.4 Å². The lowest BCUT2D eigenvalue weighted by atomic mass is 10.2. The van der Waals surface area contributed by atoms with Gasteiger partial charge in [-0.2, -0.15) is 0 Å². The highest BCUT2D eigenvalue weighted by Crippen LogP contribution is 2.14. The molecule has 0 saturated heterocycles. The van der Waals surface area contributed by atoms with Crippen molar-refractivity contribution in [3.8, 4) is 0 Å². The van der Waals surface area contributed by atoms with Crippen LogP contribution >= 0.6 is 11.6 Å². The second-order valence-corrected chi connectivity index (χ2v) is 4.68. The van der Waals surface area contributed by atoms with Crippen LogP contribution in [-0.4, -0.2) is 19.6 Å². The van der Waals surface area contributed by atoms with Crippen molar-refractivity contribution in [2.45, 2.75) is 13.0 Å². The van der Waals surface area contributed by atoms with Gasteiger partial charge in [0.25, 0.3) is 0 Å². The zero-order chi connectivity index (χ0) is 14.2. The van der Waals surface area contributed by atoms with Crippen molar-refractivity contribution in [1.82, 2.24) is 10.6 Å². The third kappa shape index (κ3) is 4.31. The largest absolute Gasteiger partial charge is 0.469 e. The SMILES string of the molecule is CN=C(NCCc1ccco1)NCc1ccccc1Cl. The van der Waals surface area contributed by atoms with Crippen molar-refractivity contribution in [3.05, 3.63) is 59.0 Å². The van der Waals surface area contributed by atoms with E-state index in [0.717, 1.165) is 35.3 Å². The molecule has 0 spiro atoms. The number of halogens is 1. The van der Waals surface area contributed by atoms with Crippen molar-refractivity contribution >= 4 is 17.6 Å². The van der Waals surface area contributed by atoms with Gasteiger partial charge < -0.3 is 15.1 Å². The minimum atomic E-state index is 0.639. The third-order valence-electron chi connectivity index (χ3n) is 2.87. The minimum Gasteiger partial charge on any atom is -0.469 e. The molecule has 2 aromatic rings. The van der Waals surface area contributed by atoms with Crippen LogP contribution in [0.2, 0.25) is 5.02 Å². The molecule has 0 aliphatic heterocycles. The quantitative estimate of drug-likeness (QED) is 0.658. The summed E-state index contributed by atoms with van der Waals surface area (Å²) >= 11 is 6.11. The van der Waals surface area contributed by atoms with Crippen LogP contribution < -0.4 is 10.6 Å². The molecule has 0 amide bonds. The number of guanidine groups is 1. The van der Waals surface area contributed by atoms with Gasteiger partial charge in [0.05, 0.1) is 6.26 Å². The number of rotatable bonds is 5. The molecule has 1 aromatic heterocycles. The normalized spacial score (nSPS) is 11.4. The van der Waals surface area contributed by atoms with Crippen LogP contribution in [0.1, 0.15) is 11.3 Å². The fourth-order valence-corrected chi connectivity index (χ4v) is 2.00. The summed E-state index contributed by atoms with van der Waals surface area (Å²) < 4.78 is 5.28. The Labute approximate surface area is 123 Å². The molecule has 4 nitrogen and oxygen atoms in total. The molecular formula is C15H18ClN3O. The molecule has 20 heavy (non-hydrogen) atoms. The maximum atomic E-state index is 6.11. The highest BCUT2D eigenvalue weighted by Gasteiger charge is 2.02. The minimum absolute atomic E-state index is 0.639. The van der Waals surface area contributed by atoms with Gasteiger partial charge in [-0.1, -0.05) is 29.8 Å². The zero-order valence-corrected chi connectivity index (χ0v) is 12.2. The van der Waals surface area contributed by atoms with Gasteiger partial charge in [0.15, 0.2) is 5.96 Å². The van der Waals surface area contributed by atoms with Gasteiger partial charge in [-0.3, -0.25) is 4.99 Å². The fraction of sp³-hybridized carbons (Fsp3) is 0.267. The van der Waals surface area contributed by atoms with Crippen LogP contribution in [0.4, 0.5) is 0 Å². The molecule has 2 N–H and O–H groups in total. The summed E-state index contributed by atoms with van der Waals surface area (Å²) in [7, 11) is 1.74. The number of benzene rings is 1. The van der Waals surface area contributed by atoms with E-state index in [1.54, 1.807) is 13.3 Å². The van der Waals surface area contributed by atoms with E-state index in [2.05, 4.69) is 15.6 Å². The summed E-state index contributed by atoms with van der Waals surface area (Å²) in [5.74, 6) is 1.70. The average Bonchev–Trinajstić information content (AvgIpc) is 2.97. The van der Waals surface area contributed by atoms with Gasteiger partial charge in [0.1, 0.15) is 5.76 Å². The van der Waals surface area contributed by atoms with Crippen LogP contribution in [-0.2, 0) is 13.0 Å². The Balaban J connectivity index is 1.77. The Morgan fingerprint density at radius 2 is 2.05 bits per heavy atom. The number of furan rings is 1. The van der Waals surface area contributed by atoms with Crippen LogP contribution in [0, 0.1) is 0 Å². The van der Waals surface area contributed by atoms with Crippen molar-refractivity contribution in [3.63, 3.8) is 0 Å². The number of nitrogens with one attached hydrogen (secondary N) is 2. The van der Waals surface area contributed by atoms with E-state index in [0.29, 0.717) is 6.54 Å². The third-order valence-corrected chi connectivity index (χ3v) is 3.24.